The van der Waals surface area contributed by atoms with Crippen LogP contribution in [-0.2, 0) is 22.7 Å². The first-order chi connectivity index (χ1) is 11.2. The number of sulfonamides is 1. The molecule has 0 saturated carbocycles. The molecular formula is C15H13ClF3NO2S2. The van der Waals surface area contributed by atoms with Crippen molar-refractivity contribution in [2.45, 2.75) is 17.6 Å². The number of thiophene rings is 1. The molecule has 130 valence electrons. The molecule has 0 atom stereocenters. The molecule has 0 bridgehead atoms. The van der Waals surface area contributed by atoms with Crippen molar-refractivity contribution in [2.75, 3.05) is 6.54 Å². The Morgan fingerprint density at radius 3 is 2.54 bits per heavy atom. The number of nitrogens with zero attached hydrogens (tertiary/aromatic N) is 1. The molecule has 0 saturated heterocycles. The fourth-order valence-electron chi connectivity index (χ4n) is 1.98. The van der Waals surface area contributed by atoms with Gasteiger partial charge in [-0.2, -0.15) is 17.5 Å². The van der Waals surface area contributed by atoms with E-state index in [0.29, 0.717) is 6.07 Å². The van der Waals surface area contributed by atoms with Crippen LogP contribution in [0, 0.1) is 0 Å². The van der Waals surface area contributed by atoms with Crippen LogP contribution >= 0.6 is 22.9 Å². The lowest BCUT2D eigenvalue weighted by atomic mass is 10.2. The van der Waals surface area contributed by atoms with Crippen LogP contribution in [0.25, 0.3) is 0 Å². The highest BCUT2D eigenvalue weighted by atomic mass is 35.5. The molecule has 3 nitrogen and oxygen atoms in total. The molecule has 0 aliphatic rings. The van der Waals surface area contributed by atoms with Gasteiger partial charge in [-0.05, 0) is 29.6 Å². The van der Waals surface area contributed by atoms with E-state index in [1.165, 1.54) is 17.4 Å². The summed E-state index contributed by atoms with van der Waals surface area (Å²) < 4.78 is 65.2. The molecule has 0 aliphatic heterocycles. The fourth-order valence-corrected chi connectivity index (χ4v) is 4.67. The zero-order valence-corrected chi connectivity index (χ0v) is 14.6. The van der Waals surface area contributed by atoms with Crippen molar-refractivity contribution < 1.29 is 21.6 Å². The largest absolute Gasteiger partial charge is 0.416 e. The fraction of sp³-hybridized carbons (Fsp3) is 0.200. The van der Waals surface area contributed by atoms with Gasteiger partial charge in [-0.1, -0.05) is 23.7 Å². The molecular weight excluding hydrogens is 383 g/mol. The number of hydrogen-bond donors (Lipinski definition) is 0. The topological polar surface area (TPSA) is 37.4 Å². The third-order valence-electron chi connectivity index (χ3n) is 3.12. The lowest BCUT2D eigenvalue weighted by molar-refractivity contribution is -0.137. The van der Waals surface area contributed by atoms with E-state index in [9.17, 15) is 21.6 Å². The van der Waals surface area contributed by atoms with Gasteiger partial charge in [-0.15, -0.1) is 17.9 Å². The Morgan fingerprint density at radius 1 is 1.29 bits per heavy atom. The van der Waals surface area contributed by atoms with Crippen molar-refractivity contribution in [3.8, 4) is 0 Å². The summed E-state index contributed by atoms with van der Waals surface area (Å²) in [4.78, 5) is 0.181. The van der Waals surface area contributed by atoms with Gasteiger partial charge >= 0.3 is 6.18 Å². The van der Waals surface area contributed by atoms with E-state index < -0.39 is 26.7 Å². The van der Waals surface area contributed by atoms with Gasteiger partial charge in [0.2, 0.25) is 10.0 Å². The zero-order chi connectivity index (χ0) is 18.0. The minimum Gasteiger partial charge on any atom is -0.207 e. The quantitative estimate of drug-likeness (QED) is 0.659. The van der Waals surface area contributed by atoms with Crippen LogP contribution in [0.3, 0.4) is 0 Å². The van der Waals surface area contributed by atoms with E-state index >= 15 is 0 Å². The zero-order valence-electron chi connectivity index (χ0n) is 12.3. The van der Waals surface area contributed by atoms with Crippen molar-refractivity contribution in [3.63, 3.8) is 0 Å². The molecule has 0 unspecified atom stereocenters. The second-order valence-corrected chi connectivity index (χ2v) is 8.15. The molecule has 2 rings (SSSR count). The van der Waals surface area contributed by atoms with Crippen LogP contribution in [0.15, 0.2) is 53.3 Å². The second kappa shape index (κ2) is 7.26. The van der Waals surface area contributed by atoms with Gasteiger partial charge in [-0.25, -0.2) is 8.42 Å². The Kier molecular flexibility index (Phi) is 5.74. The number of rotatable bonds is 6. The summed E-state index contributed by atoms with van der Waals surface area (Å²) in [6.07, 6.45) is -3.29. The minimum absolute atomic E-state index is 0.0264. The van der Waals surface area contributed by atoms with Crippen molar-refractivity contribution in [2.24, 2.45) is 0 Å². The van der Waals surface area contributed by atoms with Crippen LogP contribution < -0.4 is 0 Å². The third kappa shape index (κ3) is 4.18. The summed E-state index contributed by atoms with van der Waals surface area (Å²) in [6, 6.07) is 5.75. The summed E-state index contributed by atoms with van der Waals surface area (Å²) in [5.41, 5.74) is -1.07. The normalized spacial score (nSPS) is 12.5. The van der Waals surface area contributed by atoms with Crippen molar-refractivity contribution in [1.29, 1.82) is 0 Å². The van der Waals surface area contributed by atoms with Crippen molar-refractivity contribution in [3.05, 3.63) is 63.8 Å². The minimum atomic E-state index is -4.66. The molecule has 0 radical (unpaired) electrons. The lowest BCUT2D eigenvalue weighted by Gasteiger charge is -2.21. The Hall–Kier alpha value is -1.35. The molecule has 0 spiro atoms. The highest BCUT2D eigenvalue weighted by Gasteiger charge is 2.34. The van der Waals surface area contributed by atoms with Crippen LogP contribution in [0.1, 0.15) is 10.4 Å². The van der Waals surface area contributed by atoms with E-state index in [4.69, 9.17) is 11.6 Å². The summed E-state index contributed by atoms with van der Waals surface area (Å²) in [7, 11) is -4.22. The first kappa shape index (κ1) is 19.0. The SMILES string of the molecule is C=CCN(Cc1cccs1)S(=O)(=O)c1cc(C(F)(F)F)ccc1Cl. The van der Waals surface area contributed by atoms with Gasteiger partial charge in [0, 0.05) is 18.0 Å². The lowest BCUT2D eigenvalue weighted by Crippen LogP contribution is -2.31. The molecule has 0 aliphatic carbocycles. The molecule has 24 heavy (non-hydrogen) atoms. The standard InChI is InChI=1S/C15H13ClF3NO2S2/c1-2-7-20(10-12-4-3-8-23-12)24(21,22)14-9-11(15(17,18)19)5-6-13(14)16/h2-6,8-9H,1,7,10H2. The maximum atomic E-state index is 12.9. The Bertz CT molecular complexity index is 818. The van der Waals surface area contributed by atoms with Crippen molar-refractivity contribution >= 4 is 33.0 Å². The average molecular weight is 396 g/mol. The highest BCUT2D eigenvalue weighted by Crippen LogP contribution is 2.34. The van der Waals surface area contributed by atoms with Crippen LogP contribution in [0.2, 0.25) is 5.02 Å². The van der Waals surface area contributed by atoms with Gasteiger partial charge in [0.1, 0.15) is 4.90 Å². The first-order valence-corrected chi connectivity index (χ1v) is 9.36. The number of hydrogen-bond acceptors (Lipinski definition) is 3. The van der Waals surface area contributed by atoms with Crippen LogP contribution in [-0.4, -0.2) is 19.3 Å². The maximum absolute atomic E-state index is 12.9. The maximum Gasteiger partial charge on any atom is 0.416 e. The van der Waals surface area contributed by atoms with E-state index in [2.05, 4.69) is 6.58 Å². The summed E-state index contributed by atoms with van der Waals surface area (Å²) in [5, 5.41) is 1.52. The predicted octanol–water partition coefficient (Wildman–Crippen LogP) is 4.80. The van der Waals surface area contributed by atoms with Gasteiger partial charge in [0.05, 0.1) is 10.6 Å². The third-order valence-corrected chi connectivity index (χ3v) is 6.28. The Labute approximate surface area is 147 Å². The number of alkyl halides is 3. The summed E-state index contributed by atoms with van der Waals surface area (Å²) in [6.45, 7) is 3.48. The molecule has 1 heterocycles. The number of benzene rings is 1. The van der Waals surface area contributed by atoms with Gasteiger partial charge in [0.15, 0.2) is 0 Å². The van der Waals surface area contributed by atoms with Gasteiger partial charge < -0.3 is 0 Å². The Morgan fingerprint density at radius 2 is 2.00 bits per heavy atom. The van der Waals surface area contributed by atoms with E-state index in [1.807, 2.05) is 0 Å². The van der Waals surface area contributed by atoms with Gasteiger partial charge in [-0.3, -0.25) is 0 Å². The Balaban J connectivity index is 2.48. The van der Waals surface area contributed by atoms with Crippen LogP contribution in [0.4, 0.5) is 13.2 Å². The second-order valence-electron chi connectivity index (χ2n) is 4.81. The predicted molar refractivity (Wildman–Crippen MR) is 88.6 cm³/mol. The molecule has 0 N–H and O–H groups in total. The molecule has 1 aromatic carbocycles. The average Bonchev–Trinajstić information content (AvgIpc) is 2.99. The monoisotopic (exact) mass is 395 g/mol. The van der Waals surface area contributed by atoms with E-state index in [0.717, 1.165) is 21.3 Å². The smallest absolute Gasteiger partial charge is 0.207 e. The van der Waals surface area contributed by atoms with Gasteiger partial charge in [0.25, 0.3) is 0 Å². The molecule has 1 aromatic heterocycles. The summed E-state index contributed by atoms with van der Waals surface area (Å²) >= 11 is 7.21. The van der Waals surface area contributed by atoms with E-state index in [1.54, 1.807) is 17.5 Å². The summed E-state index contributed by atoms with van der Waals surface area (Å²) in [5.74, 6) is 0. The first-order valence-electron chi connectivity index (χ1n) is 6.66. The highest BCUT2D eigenvalue weighted by molar-refractivity contribution is 7.89. The molecule has 0 amide bonds. The van der Waals surface area contributed by atoms with E-state index in [-0.39, 0.29) is 18.1 Å². The molecule has 0 fully saturated rings. The number of halogens is 4. The van der Waals surface area contributed by atoms with Crippen LogP contribution in [0.5, 0.6) is 0 Å². The van der Waals surface area contributed by atoms with Crippen molar-refractivity contribution in [1.82, 2.24) is 4.31 Å². The molecule has 2 aromatic rings. The molecule has 9 heteroatoms.